The molecule has 2 aliphatic heterocycles. The number of nitriles is 1. The first-order valence-corrected chi connectivity index (χ1v) is 14.2. The molecule has 10 nitrogen and oxygen atoms in total. The topological polar surface area (TPSA) is 128 Å². The fourth-order valence-electron chi connectivity index (χ4n) is 5.86. The van der Waals surface area contributed by atoms with Crippen LogP contribution >= 0.6 is 0 Å². The Hall–Kier alpha value is -4.88. The second kappa shape index (κ2) is 11.9. The van der Waals surface area contributed by atoms with Crippen molar-refractivity contribution in [2.45, 2.75) is 31.7 Å². The maximum atomic E-state index is 14.1. The molecular weight excluding hydrogens is 532 g/mol. The van der Waals surface area contributed by atoms with Crippen LogP contribution in [0.3, 0.4) is 0 Å². The summed E-state index contributed by atoms with van der Waals surface area (Å²) in [6.07, 6.45) is 6.39. The van der Waals surface area contributed by atoms with Gasteiger partial charge in [-0.15, -0.1) is 0 Å². The van der Waals surface area contributed by atoms with E-state index in [0.717, 1.165) is 12.8 Å². The van der Waals surface area contributed by atoms with Gasteiger partial charge in [0.05, 0.1) is 17.2 Å². The monoisotopic (exact) mass is 564 g/mol. The minimum absolute atomic E-state index is 0.151. The van der Waals surface area contributed by atoms with Crippen LogP contribution in [0.2, 0.25) is 0 Å². The molecule has 4 heterocycles. The first kappa shape index (κ1) is 27.3. The molecule has 0 spiro atoms. The van der Waals surface area contributed by atoms with Gasteiger partial charge in [0, 0.05) is 32.5 Å². The van der Waals surface area contributed by atoms with Gasteiger partial charge in [-0.05, 0) is 74.1 Å². The molecule has 0 bridgehead atoms. The van der Waals surface area contributed by atoms with Crippen molar-refractivity contribution in [2.24, 2.45) is 5.92 Å². The molecule has 0 unspecified atom stereocenters. The molecule has 2 aromatic heterocycles. The predicted molar refractivity (Wildman–Crippen MR) is 158 cm³/mol. The number of aromatic nitrogens is 3. The number of ether oxygens (including phenoxy) is 2. The molecule has 2 aromatic carbocycles. The van der Waals surface area contributed by atoms with Crippen LogP contribution in [0.5, 0.6) is 11.5 Å². The largest absolute Gasteiger partial charge is 0.457 e. The van der Waals surface area contributed by atoms with Crippen LogP contribution in [-0.4, -0.2) is 51.2 Å². The summed E-state index contributed by atoms with van der Waals surface area (Å²) >= 11 is 0. The van der Waals surface area contributed by atoms with Crippen molar-refractivity contribution in [1.29, 1.82) is 5.26 Å². The summed E-state index contributed by atoms with van der Waals surface area (Å²) in [5.41, 5.74) is 8.01. The van der Waals surface area contributed by atoms with E-state index in [1.54, 1.807) is 44.5 Å². The Morgan fingerprint density at radius 2 is 1.79 bits per heavy atom. The van der Waals surface area contributed by atoms with Crippen molar-refractivity contribution in [3.63, 3.8) is 0 Å². The summed E-state index contributed by atoms with van der Waals surface area (Å²) in [4.78, 5) is 33.5. The Morgan fingerprint density at radius 3 is 2.52 bits per heavy atom. The molecule has 42 heavy (non-hydrogen) atoms. The van der Waals surface area contributed by atoms with Gasteiger partial charge < -0.3 is 20.1 Å². The Morgan fingerprint density at radius 1 is 1.05 bits per heavy atom. The van der Waals surface area contributed by atoms with Crippen molar-refractivity contribution >= 4 is 22.8 Å². The van der Waals surface area contributed by atoms with E-state index in [0.29, 0.717) is 67.4 Å². The molecule has 0 saturated carbocycles. The highest BCUT2D eigenvalue weighted by Gasteiger charge is 2.31. The first-order chi connectivity index (χ1) is 20.5. The molecule has 6 rings (SSSR count). The highest BCUT2D eigenvalue weighted by molar-refractivity contribution is 5.97. The van der Waals surface area contributed by atoms with Gasteiger partial charge in [0.25, 0.3) is 5.91 Å². The predicted octanol–water partition coefficient (Wildman–Crippen LogP) is 4.60. The lowest BCUT2D eigenvalue weighted by Gasteiger charge is -2.33. The zero-order chi connectivity index (χ0) is 29.1. The number of rotatable bonds is 6. The number of likely N-dealkylation sites (tertiary alicyclic amines) is 1. The maximum Gasteiger partial charge on any atom is 0.334 e. The lowest BCUT2D eigenvalue weighted by Crippen LogP contribution is -2.43. The van der Waals surface area contributed by atoms with Crippen LogP contribution in [0.1, 0.15) is 31.7 Å². The lowest BCUT2D eigenvalue weighted by molar-refractivity contribution is -0.128. The SMILES string of the molecule is N#C/C(=C\C1CCOCC1)C(=O)N1CCC[C@@H](n2c(=O)n(-c3ccc(Oc4ccccc4)cc3)c3c(N)nccc32)C1. The fraction of sp³-hybridized carbons (Fsp3) is 0.312. The van der Waals surface area contributed by atoms with E-state index in [2.05, 4.69) is 11.1 Å². The molecule has 2 aliphatic rings. The number of carbonyl (C=O) groups is 1. The van der Waals surface area contributed by atoms with Crippen molar-refractivity contribution in [1.82, 2.24) is 19.0 Å². The molecular formula is C32H32N6O4. The molecule has 214 valence electrons. The van der Waals surface area contributed by atoms with Crippen molar-refractivity contribution < 1.29 is 14.3 Å². The number of nitrogens with zero attached hydrogens (tertiary/aromatic N) is 5. The molecule has 2 saturated heterocycles. The number of benzene rings is 2. The summed E-state index contributed by atoms with van der Waals surface area (Å²) < 4.78 is 14.6. The quantitative estimate of drug-likeness (QED) is 0.268. The minimum atomic E-state index is -0.291. The van der Waals surface area contributed by atoms with E-state index < -0.39 is 0 Å². The summed E-state index contributed by atoms with van der Waals surface area (Å²) in [6, 6.07) is 20.3. The van der Waals surface area contributed by atoms with Crippen molar-refractivity contribution in [3.8, 4) is 23.3 Å². The van der Waals surface area contributed by atoms with Gasteiger partial charge in [0.1, 0.15) is 34.5 Å². The maximum absolute atomic E-state index is 14.1. The van der Waals surface area contributed by atoms with E-state index in [1.807, 2.05) is 42.5 Å². The molecule has 0 radical (unpaired) electrons. The van der Waals surface area contributed by atoms with Crippen LogP contribution in [0.15, 0.2) is 83.3 Å². The van der Waals surface area contributed by atoms with Crippen LogP contribution in [0, 0.1) is 17.2 Å². The third-order valence-electron chi connectivity index (χ3n) is 7.95. The molecule has 10 heteroatoms. The second-order valence-corrected chi connectivity index (χ2v) is 10.7. The zero-order valence-corrected chi connectivity index (χ0v) is 23.2. The van der Waals surface area contributed by atoms with Gasteiger partial charge >= 0.3 is 5.69 Å². The number of fused-ring (bicyclic) bond motifs is 1. The number of carbonyl (C=O) groups excluding carboxylic acids is 1. The number of piperidine rings is 1. The van der Waals surface area contributed by atoms with Gasteiger partial charge in [-0.1, -0.05) is 24.3 Å². The Labute approximate surface area is 243 Å². The number of allylic oxidation sites excluding steroid dienone is 1. The van der Waals surface area contributed by atoms with Crippen molar-refractivity contribution in [2.75, 3.05) is 32.0 Å². The highest BCUT2D eigenvalue weighted by atomic mass is 16.5. The Kier molecular flexibility index (Phi) is 7.75. The number of pyridine rings is 1. The minimum Gasteiger partial charge on any atom is -0.457 e. The summed E-state index contributed by atoms with van der Waals surface area (Å²) in [6.45, 7) is 2.11. The highest BCUT2D eigenvalue weighted by Crippen LogP contribution is 2.30. The Balaban J connectivity index is 1.31. The van der Waals surface area contributed by atoms with Crippen LogP contribution < -0.4 is 16.2 Å². The van der Waals surface area contributed by atoms with E-state index in [1.165, 1.54) is 0 Å². The fourth-order valence-corrected chi connectivity index (χ4v) is 5.86. The first-order valence-electron chi connectivity index (χ1n) is 14.2. The number of amides is 1. The number of nitrogens with two attached hydrogens (primary N) is 1. The zero-order valence-electron chi connectivity index (χ0n) is 23.2. The standard InChI is InChI=1S/C32H32N6O4/c33-20-23(19-22-13-17-41-18-14-22)31(39)36-16-4-5-25(21-36)37-28-12-15-35-30(34)29(28)38(32(37)40)24-8-10-27(11-9-24)42-26-6-2-1-3-7-26/h1-3,6-12,15,19,22,25H,4-5,13-14,16-18,21H2,(H2,34,35)/b23-19+/t25-/m1/s1. The van der Waals surface area contributed by atoms with E-state index in [-0.39, 0.29) is 34.9 Å². The molecule has 0 aliphatic carbocycles. The summed E-state index contributed by atoms with van der Waals surface area (Å²) in [5, 5.41) is 9.80. The molecule has 2 fully saturated rings. The number of hydrogen-bond acceptors (Lipinski definition) is 7. The van der Waals surface area contributed by atoms with Gasteiger partial charge in [-0.2, -0.15) is 5.26 Å². The third-order valence-corrected chi connectivity index (χ3v) is 7.95. The van der Waals surface area contributed by atoms with E-state index in [4.69, 9.17) is 15.2 Å². The van der Waals surface area contributed by atoms with Gasteiger partial charge in [0.15, 0.2) is 0 Å². The number of anilines is 1. The molecule has 2 N–H and O–H groups in total. The van der Waals surface area contributed by atoms with E-state index in [9.17, 15) is 14.9 Å². The van der Waals surface area contributed by atoms with Crippen LogP contribution in [0.25, 0.3) is 16.7 Å². The van der Waals surface area contributed by atoms with Gasteiger partial charge in [-0.3, -0.25) is 13.9 Å². The third kappa shape index (κ3) is 5.39. The van der Waals surface area contributed by atoms with Crippen molar-refractivity contribution in [3.05, 3.63) is 89.0 Å². The average molecular weight is 565 g/mol. The number of hydrogen-bond donors (Lipinski definition) is 1. The Bertz CT molecular complexity index is 1710. The molecule has 1 amide bonds. The van der Waals surface area contributed by atoms with Crippen LogP contribution in [0.4, 0.5) is 5.82 Å². The van der Waals surface area contributed by atoms with Crippen LogP contribution in [-0.2, 0) is 9.53 Å². The summed E-state index contributed by atoms with van der Waals surface area (Å²) in [7, 11) is 0. The van der Waals surface area contributed by atoms with Gasteiger partial charge in [0.2, 0.25) is 0 Å². The lowest BCUT2D eigenvalue weighted by atomic mass is 9.96. The van der Waals surface area contributed by atoms with Gasteiger partial charge in [-0.25, -0.2) is 9.78 Å². The van der Waals surface area contributed by atoms with E-state index >= 15 is 0 Å². The second-order valence-electron chi connectivity index (χ2n) is 10.7. The number of nitrogen functional groups attached to an aromatic ring is 1. The number of imidazole rings is 1. The number of para-hydroxylation sites is 1. The normalized spacial score (nSPS) is 18.1. The average Bonchev–Trinajstić information content (AvgIpc) is 3.33. The smallest absolute Gasteiger partial charge is 0.334 e. The molecule has 4 aromatic rings. The summed E-state index contributed by atoms with van der Waals surface area (Å²) in [5.74, 6) is 1.45. The molecule has 1 atom stereocenters.